The zero-order chi connectivity index (χ0) is 17.6. The molecule has 132 valence electrons. The number of piperazine rings is 1. The lowest BCUT2D eigenvalue weighted by molar-refractivity contribution is 0.164. The molecule has 0 saturated carbocycles. The predicted octanol–water partition coefficient (Wildman–Crippen LogP) is 1.05. The average Bonchev–Trinajstić information content (AvgIpc) is 3.21. The number of oxazole rings is 1. The second-order valence-corrected chi connectivity index (χ2v) is 8.11. The van der Waals surface area contributed by atoms with Crippen LogP contribution in [0, 0.1) is 6.92 Å². The van der Waals surface area contributed by atoms with Gasteiger partial charge in [-0.25, -0.2) is 18.2 Å². The van der Waals surface area contributed by atoms with Crippen LogP contribution in [0.3, 0.4) is 0 Å². The Morgan fingerprint density at radius 2 is 2.00 bits per heavy atom. The molecular formula is C16H18N4O4S. The number of hydrogen-bond acceptors (Lipinski definition) is 5. The molecule has 3 heterocycles. The number of aromatic nitrogens is 1. The highest BCUT2D eigenvalue weighted by Crippen LogP contribution is 2.25. The van der Waals surface area contributed by atoms with Gasteiger partial charge in [0.1, 0.15) is 12.0 Å². The molecule has 1 aromatic heterocycles. The number of hydrogen-bond donors (Lipinski definition) is 1. The van der Waals surface area contributed by atoms with Crippen LogP contribution in [0.1, 0.15) is 5.89 Å². The highest BCUT2D eigenvalue weighted by atomic mass is 32.2. The third kappa shape index (κ3) is 2.79. The molecule has 0 radical (unpaired) electrons. The van der Waals surface area contributed by atoms with E-state index in [2.05, 4.69) is 10.3 Å². The number of urea groups is 1. The Bertz CT molecular complexity index is 906. The van der Waals surface area contributed by atoms with Crippen LogP contribution in [0.15, 0.2) is 39.8 Å². The standard InChI is InChI=1S/C16H18N4O4S/c1-11-18-15(10-24-11)12-2-4-14(5-3-12)25(22,23)19-6-7-20-13(9-19)8-17-16(20)21/h2-5,10,13H,6-9H2,1H3,(H,17,21). The normalized spacial score (nSPS) is 21.2. The van der Waals surface area contributed by atoms with Crippen molar-refractivity contribution in [3.63, 3.8) is 0 Å². The average molecular weight is 362 g/mol. The molecular weight excluding hydrogens is 344 g/mol. The fourth-order valence-corrected chi connectivity index (χ4v) is 4.71. The van der Waals surface area contributed by atoms with Crippen molar-refractivity contribution in [2.24, 2.45) is 0 Å². The Hall–Kier alpha value is -2.39. The Labute approximate surface area is 145 Å². The number of nitrogens with one attached hydrogen (secondary N) is 1. The second kappa shape index (κ2) is 5.85. The summed E-state index contributed by atoms with van der Waals surface area (Å²) in [4.78, 5) is 17.8. The number of amides is 2. The molecule has 0 bridgehead atoms. The predicted molar refractivity (Wildman–Crippen MR) is 89.3 cm³/mol. The van der Waals surface area contributed by atoms with Crippen LogP contribution >= 0.6 is 0 Å². The Morgan fingerprint density at radius 1 is 1.24 bits per heavy atom. The number of rotatable bonds is 3. The van der Waals surface area contributed by atoms with E-state index in [0.717, 1.165) is 5.56 Å². The van der Waals surface area contributed by atoms with E-state index in [0.29, 0.717) is 37.8 Å². The maximum Gasteiger partial charge on any atom is 0.317 e. The minimum Gasteiger partial charge on any atom is -0.449 e. The molecule has 2 aliphatic heterocycles. The van der Waals surface area contributed by atoms with Gasteiger partial charge in [-0.15, -0.1) is 0 Å². The van der Waals surface area contributed by atoms with Gasteiger partial charge in [0, 0.05) is 38.7 Å². The number of fused-ring (bicyclic) bond motifs is 1. The first-order valence-electron chi connectivity index (χ1n) is 8.02. The molecule has 1 aromatic carbocycles. The van der Waals surface area contributed by atoms with Gasteiger partial charge in [-0.2, -0.15) is 4.31 Å². The van der Waals surface area contributed by atoms with Gasteiger partial charge in [0.05, 0.1) is 10.9 Å². The van der Waals surface area contributed by atoms with Crippen molar-refractivity contribution in [2.75, 3.05) is 26.2 Å². The Balaban J connectivity index is 1.55. The van der Waals surface area contributed by atoms with Crippen molar-refractivity contribution in [3.8, 4) is 11.3 Å². The van der Waals surface area contributed by atoms with Crippen molar-refractivity contribution in [3.05, 3.63) is 36.4 Å². The third-order valence-corrected chi connectivity index (χ3v) is 6.48. The van der Waals surface area contributed by atoms with Gasteiger partial charge in [-0.3, -0.25) is 0 Å². The highest BCUT2D eigenvalue weighted by Gasteiger charge is 2.39. The maximum absolute atomic E-state index is 12.9. The van der Waals surface area contributed by atoms with Crippen molar-refractivity contribution < 1.29 is 17.6 Å². The summed E-state index contributed by atoms with van der Waals surface area (Å²) in [7, 11) is -3.59. The summed E-state index contributed by atoms with van der Waals surface area (Å²) in [6, 6.07) is 6.39. The number of carbonyl (C=O) groups is 1. The van der Waals surface area contributed by atoms with Gasteiger partial charge in [0.2, 0.25) is 10.0 Å². The number of nitrogens with zero attached hydrogens (tertiary/aromatic N) is 3. The van der Waals surface area contributed by atoms with Crippen LogP contribution in [0.5, 0.6) is 0 Å². The summed E-state index contributed by atoms with van der Waals surface area (Å²) in [5.74, 6) is 0.560. The zero-order valence-electron chi connectivity index (χ0n) is 13.7. The summed E-state index contributed by atoms with van der Waals surface area (Å²) >= 11 is 0. The second-order valence-electron chi connectivity index (χ2n) is 6.17. The molecule has 1 atom stereocenters. The van der Waals surface area contributed by atoms with E-state index in [1.54, 1.807) is 42.4 Å². The first-order chi connectivity index (χ1) is 11.9. The van der Waals surface area contributed by atoms with E-state index in [1.165, 1.54) is 4.31 Å². The highest BCUT2D eigenvalue weighted by molar-refractivity contribution is 7.89. The zero-order valence-corrected chi connectivity index (χ0v) is 14.5. The fourth-order valence-electron chi connectivity index (χ4n) is 3.24. The lowest BCUT2D eigenvalue weighted by Crippen LogP contribution is -2.53. The van der Waals surface area contributed by atoms with Gasteiger partial charge in [-0.1, -0.05) is 12.1 Å². The van der Waals surface area contributed by atoms with Crippen LogP contribution in [0.4, 0.5) is 4.79 Å². The molecule has 0 aliphatic carbocycles. The molecule has 8 nitrogen and oxygen atoms in total. The molecule has 1 N–H and O–H groups in total. The van der Waals surface area contributed by atoms with Crippen LogP contribution in [0.2, 0.25) is 0 Å². The van der Waals surface area contributed by atoms with Crippen LogP contribution in [-0.4, -0.2) is 60.9 Å². The molecule has 2 saturated heterocycles. The van der Waals surface area contributed by atoms with E-state index >= 15 is 0 Å². The minimum atomic E-state index is -3.59. The van der Waals surface area contributed by atoms with E-state index in [1.807, 2.05) is 0 Å². The van der Waals surface area contributed by atoms with Crippen molar-refractivity contribution in [1.29, 1.82) is 0 Å². The molecule has 4 rings (SSSR count). The van der Waals surface area contributed by atoms with Gasteiger partial charge in [0.15, 0.2) is 5.89 Å². The summed E-state index contributed by atoms with van der Waals surface area (Å²) in [5, 5.41) is 2.75. The Kier molecular flexibility index (Phi) is 3.77. The molecule has 2 amide bonds. The molecule has 25 heavy (non-hydrogen) atoms. The first-order valence-corrected chi connectivity index (χ1v) is 9.46. The van der Waals surface area contributed by atoms with Crippen LogP contribution < -0.4 is 5.32 Å². The fraction of sp³-hybridized carbons (Fsp3) is 0.375. The van der Waals surface area contributed by atoms with Gasteiger partial charge >= 0.3 is 6.03 Å². The molecule has 2 aromatic rings. The molecule has 2 aliphatic rings. The molecule has 2 fully saturated rings. The lowest BCUT2D eigenvalue weighted by Gasteiger charge is -2.35. The van der Waals surface area contributed by atoms with Crippen LogP contribution in [0.25, 0.3) is 11.3 Å². The molecule has 1 unspecified atom stereocenters. The van der Waals surface area contributed by atoms with E-state index < -0.39 is 10.0 Å². The van der Waals surface area contributed by atoms with E-state index in [9.17, 15) is 13.2 Å². The lowest BCUT2D eigenvalue weighted by atomic mass is 10.2. The van der Waals surface area contributed by atoms with Gasteiger partial charge < -0.3 is 14.6 Å². The number of sulfonamides is 1. The SMILES string of the molecule is Cc1nc(-c2ccc(S(=O)(=O)N3CCN4C(=O)NCC4C3)cc2)co1. The number of benzene rings is 1. The maximum atomic E-state index is 12.9. The van der Waals surface area contributed by atoms with Crippen molar-refractivity contribution in [1.82, 2.24) is 19.5 Å². The molecule has 0 spiro atoms. The summed E-state index contributed by atoms with van der Waals surface area (Å²) < 4.78 is 32.4. The van der Waals surface area contributed by atoms with Crippen LogP contribution in [-0.2, 0) is 10.0 Å². The largest absolute Gasteiger partial charge is 0.449 e. The first kappa shape index (κ1) is 16.1. The topological polar surface area (TPSA) is 95.8 Å². The van der Waals surface area contributed by atoms with E-state index in [4.69, 9.17) is 4.42 Å². The summed E-state index contributed by atoms with van der Waals surface area (Å²) in [6.07, 6.45) is 1.54. The van der Waals surface area contributed by atoms with Crippen molar-refractivity contribution >= 4 is 16.1 Å². The van der Waals surface area contributed by atoms with Crippen molar-refractivity contribution in [2.45, 2.75) is 17.9 Å². The molecule has 9 heteroatoms. The monoisotopic (exact) mass is 362 g/mol. The Morgan fingerprint density at radius 3 is 2.68 bits per heavy atom. The number of aryl methyl sites for hydroxylation is 1. The smallest absolute Gasteiger partial charge is 0.317 e. The van der Waals surface area contributed by atoms with E-state index in [-0.39, 0.29) is 17.0 Å². The minimum absolute atomic E-state index is 0.103. The summed E-state index contributed by atoms with van der Waals surface area (Å²) in [6.45, 7) is 3.26. The summed E-state index contributed by atoms with van der Waals surface area (Å²) in [5.41, 5.74) is 1.47. The van der Waals surface area contributed by atoms with Gasteiger partial charge in [0.25, 0.3) is 0 Å². The number of carbonyl (C=O) groups excluding carboxylic acids is 1. The third-order valence-electron chi connectivity index (χ3n) is 4.60. The quantitative estimate of drug-likeness (QED) is 0.880. The van der Waals surface area contributed by atoms with Gasteiger partial charge in [-0.05, 0) is 12.1 Å².